The van der Waals surface area contributed by atoms with Crippen molar-refractivity contribution in [1.82, 2.24) is 10.6 Å². The van der Waals surface area contributed by atoms with Gasteiger partial charge >= 0.3 is 5.97 Å². The molecule has 3 rings (SSSR count). The molecule has 0 fully saturated rings. The van der Waals surface area contributed by atoms with Crippen LogP contribution in [0.2, 0.25) is 0 Å². The highest BCUT2D eigenvalue weighted by atomic mass is 16.5. The molecule has 206 valence electrons. The fraction of sp³-hybridized carbons (Fsp3) is 0.222. The number of amides is 2. The third kappa shape index (κ3) is 7.22. The van der Waals surface area contributed by atoms with Crippen molar-refractivity contribution >= 4 is 17.8 Å². The Labute approximate surface area is 222 Å². The highest BCUT2D eigenvalue weighted by Gasteiger charge is 2.22. The summed E-state index contributed by atoms with van der Waals surface area (Å²) in [7, 11) is 0. The molecule has 0 aliphatic carbocycles. The molecular formula is C27H28N2O10. The Bertz CT molecular complexity index is 1360. The number of carbonyl (C=O) groups excluding carboxylic acids is 3. The first kappa shape index (κ1) is 28.4. The average Bonchev–Trinajstić information content (AvgIpc) is 2.91. The molecule has 12 heteroatoms. The number of rotatable bonds is 11. The van der Waals surface area contributed by atoms with Crippen molar-refractivity contribution in [3.05, 3.63) is 71.3 Å². The topological polar surface area (TPSA) is 206 Å². The van der Waals surface area contributed by atoms with E-state index in [4.69, 9.17) is 4.74 Å². The van der Waals surface area contributed by atoms with Gasteiger partial charge in [0.15, 0.2) is 34.5 Å². The van der Waals surface area contributed by atoms with E-state index in [0.717, 1.165) is 0 Å². The smallest absolute Gasteiger partial charge is 0.342 e. The van der Waals surface area contributed by atoms with Crippen LogP contribution in [0.1, 0.15) is 50.3 Å². The summed E-state index contributed by atoms with van der Waals surface area (Å²) in [6, 6.07) is 10.9. The molecule has 1 atom stereocenters. The Morgan fingerprint density at radius 1 is 0.667 bits per heavy atom. The van der Waals surface area contributed by atoms with E-state index in [-0.39, 0.29) is 36.3 Å². The van der Waals surface area contributed by atoms with Crippen molar-refractivity contribution in [2.75, 3.05) is 13.2 Å². The van der Waals surface area contributed by atoms with Crippen LogP contribution in [0.25, 0.3) is 0 Å². The van der Waals surface area contributed by atoms with Gasteiger partial charge in [0.2, 0.25) is 0 Å². The molecule has 0 aromatic heterocycles. The van der Waals surface area contributed by atoms with Gasteiger partial charge in [0.1, 0.15) is 12.2 Å². The molecule has 1 unspecified atom stereocenters. The molecule has 3 aromatic carbocycles. The second-order valence-electron chi connectivity index (χ2n) is 8.54. The summed E-state index contributed by atoms with van der Waals surface area (Å²) in [6.45, 7) is -0.137. The van der Waals surface area contributed by atoms with Crippen LogP contribution in [0.3, 0.4) is 0 Å². The first-order valence-corrected chi connectivity index (χ1v) is 11.9. The number of phenols is 6. The summed E-state index contributed by atoms with van der Waals surface area (Å²) in [5.41, 5.74) is -0.563. The molecular weight excluding hydrogens is 512 g/mol. The fourth-order valence-corrected chi connectivity index (χ4v) is 3.65. The quantitative estimate of drug-likeness (QED) is 0.101. The second kappa shape index (κ2) is 12.9. The highest BCUT2D eigenvalue weighted by molar-refractivity contribution is 5.98. The third-order valence-corrected chi connectivity index (χ3v) is 5.77. The van der Waals surface area contributed by atoms with E-state index in [2.05, 4.69) is 10.6 Å². The van der Waals surface area contributed by atoms with E-state index in [1.54, 1.807) is 0 Å². The molecule has 2 amide bonds. The molecule has 39 heavy (non-hydrogen) atoms. The number of esters is 1. The molecule has 0 aliphatic rings. The summed E-state index contributed by atoms with van der Waals surface area (Å²) in [5.74, 6) is -5.49. The minimum atomic E-state index is -0.943. The Morgan fingerprint density at radius 2 is 1.15 bits per heavy atom. The number of hydrogen-bond donors (Lipinski definition) is 8. The largest absolute Gasteiger partial charge is 0.504 e. The van der Waals surface area contributed by atoms with Gasteiger partial charge in [-0.15, -0.1) is 0 Å². The van der Waals surface area contributed by atoms with Gasteiger partial charge in [-0.05, 0) is 55.7 Å². The molecule has 8 N–H and O–H groups in total. The normalized spacial score (nSPS) is 11.4. The number of para-hydroxylation sites is 3. The van der Waals surface area contributed by atoms with E-state index in [1.807, 2.05) is 0 Å². The molecule has 12 nitrogen and oxygen atoms in total. The molecule has 0 heterocycles. The standard InChI is InChI=1S/C27H28N2O10/c30-19-10-3-7-16(22(19)33)25(36)28-13-2-1-6-15(29-26(37)17-8-4-11-20(31)23(17)34)14-39-27(38)18-9-5-12-21(32)24(18)35/h3-5,7-12,15,30-35H,1-2,6,13-14H2,(H,28,36)(H,29,37). The number of nitrogens with one attached hydrogen (secondary N) is 2. The van der Waals surface area contributed by atoms with Crippen molar-refractivity contribution in [3.63, 3.8) is 0 Å². The van der Waals surface area contributed by atoms with Gasteiger partial charge in [0, 0.05) is 6.54 Å². The molecule has 0 saturated carbocycles. The van der Waals surface area contributed by atoms with Gasteiger partial charge in [0.05, 0.1) is 17.2 Å². The molecule has 0 radical (unpaired) electrons. The van der Waals surface area contributed by atoms with Gasteiger partial charge < -0.3 is 46.0 Å². The van der Waals surface area contributed by atoms with Gasteiger partial charge in [-0.2, -0.15) is 0 Å². The molecule has 0 aliphatic heterocycles. The van der Waals surface area contributed by atoms with Gasteiger partial charge in [-0.3, -0.25) is 9.59 Å². The van der Waals surface area contributed by atoms with Crippen molar-refractivity contribution in [2.45, 2.75) is 25.3 Å². The van der Waals surface area contributed by atoms with Gasteiger partial charge in [-0.1, -0.05) is 18.2 Å². The number of carbonyl (C=O) groups is 3. The lowest BCUT2D eigenvalue weighted by molar-refractivity contribution is 0.0446. The maximum atomic E-state index is 12.7. The number of phenolic OH excluding ortho intramolecular Hbond substituents is 6. The van der Waals surface area contributed by atoms with E-state index in [0.29, 0.717) is 12.8 Å². The van der Waals surface area contributed by atoms with E-state index >= 15 is 0 Å². The highest BCUT2D eigenvalue weighted by Crippen LogP contribution is 2.30. The monoisotopic (exact) mass is 540 g/mol. The molecule has 3 aromatic rings. The second-order valence-corrected chi connectivity index (χ2v) is 8.54. The maximum Gasteiger partial charge on any atom is 0.342 e. The van der Waals surface area contributed by atoms with Crippen LogP contribution in [0.15, 0.2) is 54.6 Å². The van der Waals surface area contributed by atoms with Crippen LogP contribution < -0.4 is 10.6 Å². The fourth-order valence-electron chi connectivity index (χ4n) is 3.65. The summed E-state index contributed by atoms with van der Waals surface area (Å²) in [4.78, 5) is 37.4. The first-order valence-electron chi connectivity index (χ1n) is 11.9. The summed E-state index contributed by atoms with van der Waals surface area (Å²) in [6.07, 6.45) is 1.12. The number of aromatic hydroxyl groups is 6. The Morgan fingerprint density at radius 3 is 1.72 bits per heavy atom. The van der Waals surface area contributed by atoms with Crippen LogP contribution in [0.4, 0.5) is 0 Å². The summed E-state index contributed by atoms with van der Waals surface area (Å²) < 4.78 is 5.24. The lowest BCUT2D eigenvalue weighted by Gasteiger charge is -2.19. The first-order chi connectivity index (χ1) is 18.6. The predicted molar refractivity (Wildman–Crippen MR) is 137 cm³/mol. The van der Waals surface area contributed by atoms with Crippen LogP contribution >= 0.6 is 0 Å². The number of unbranched alkanes of at least 4 members (excludes halogenated alkanes) is 1. The third-order valence-electron chi connectivity index (χ3n) is 5.77. The van der Waals surface area contributed by atoms with Crippen LogP contribution in [0, 0.1) is 0 Å². The van der Waals surface area contributed by atoms with E-state index < -0.39 is 58.3 Å². The average molecular weight is 541 g/mol. The molecule has 0 spiro atoms. The van der Waals surface area contributed by atoms with Crippen molar-refractivity contribution in [1.29, 1.82) is 0 Å². The number of benzene rings is 3. The zero-order valence-corrected chi connectivity index (χ0v) is 20.6. The number of ether oxygens (including phenoxy) is 1. The molecule has 0 saturated heterocycles. The lowest BCUT2D eigenvalue weighted by Crippen LogP contribution is -2.39. The van der Waals surface area contributed by atoms with Crippen molar-refractivity contribution < 1.29 is 49.8 Å². The Hall–Kier alpha value is -5.13. The van der Waals surface area contributed by atoms with Gasteiger partial charge in [-0.25, -0.2) is 4.79 Å². The maximum absolute atomic E-state index is 12.7. The van der Waals surface area contributed by atoms with Crippen LogP contribution in [-0.4, -0.2) is 67.6 Å². The van der Waals surface area contributed by atoms with Crippen LogP contribution in [-0.2, 0) is 4.74 Å². The SMILES string of the molecule is O=C(NCCCCC(COC(=O)c1cccc(O)c1O)NC(=O)c1cccc(O)c1O)c1cccc(O)c1O. The van der Waals surface area contributed by atoms with Crippen molar-refractivity contribution in [2.24, 2.45) is 0 Å². The number of hydrogen-bond acceptors (Lipinski definition) is 10. The van der Waals surface area contributed by atoms with Gasteiger partial charge in [0.25, 0.3) is 11.8 Å². The van der Waals surface area contributed by atoms with E-state index in [1.165, 1.54) is 54.6 Å². The zero-order valence-electron chi connectivity index (χ0n) is 20.6. The minimum absolute atomic E-state index is 0.0897. The van der Waals surface area contributed by atoms with Crippen LogP contribution in [0.5, 0.6) is 34.5 Å². The zero-order chi connectivity index (χ0) is 28.5. The molecule has 0 bridgehead atoms. The summed E-state index contributed by atoms with van der Waals surface area (Å²) >= 11 is 0. The lowest BCUT2D eigenvalue weighted by atomic mass is 10.1. The van der Waals surface area contributed by atoms with Crippen molar-refractivity contribution in [3.8, 4) is 34.5 Å². The summed E-state index contributed by atoms with van der Waals surface area (Å²) in [5, 5.41) is 63.8. The Balaban J connectivity index is 1.61. The predicted octanol–water partition coefficient (Wildman–Crippen LogP) is 2.48. The van der Waals surface area contributed by atoms with E-state index in [9.17, 15) is 45.0 Å². The minimum Gasteiger partial charge on any atom is -0.504 e. The Kier molecular flexibility index (Phi) is 9.41.